The quantitative estimate of drug-likeness (QED) is 0.540. The van der Waals surface area contributed by atoms with E-state index in [9.17, 15) is 14.0 Å². The summed E-state index contributed by atoms with van der Waals surface area (Å²) in [5, 5.41) is 4.93. The molecule has 134 valence electrons. The number of thiophene rings is 1. The summed E-state index contributed by atoms with van der Waals surface area (Å²) in [6.45, 7) is 2.43. The zero-order valence-electron chi connectivity index (χ0n) is 13.7. The minimum atomic E-state index is -0.520. The van der Waals surface area contributed by atoms with Gasteiger partial charge in [-0.05, 0) is 24.6 Å². The summed E-state index contributed by atoms with van der Waals surface area (Å²) >= 11 is 2.66. The van der Waals surface area contributed by atoms with E-state index in [0.29, 0.717) is 28.4 Å². The van der Waals surface area contributed by atoms with Crippen molar-refractivity contribution >= 4 is 40.0 Å². The molecular formula is C17H19FN2O3S2. The first kappa shape index (κ1) is 19.4. The first-order valence-electron chi connectivity index (χ1n) is 7.69. The number of carbonyl (C=O) groups is 2. The van der Waals surface area contributed by atoms with Gasteiger partial charge in [-0.15, -0.1) is 11.3 Å². The average molecular weight is 382 g/mol. The number of nitrogens with one attached hydrogen (secondary N) is 1. The van der Waals surface area contributed by atoms with Crippen molar-refractivity contribution in [2.24, 2.45) is 5.73 Å². The Balaban J connectivity index is 2.29. The lowest BCUT2D eigenvalue weighted by molar-refractivity contribution is -0.113. The van der Waals surface area contributed by atoms with Crippen LogP contribution in [-0.2, 0) is 9.53 Å². The Morgan fingerprint density at radius 1 is 1.32 bits per heavy atom. The molecule has 0 aliphatic rings. The van der Waals surface area contributed by atoms with E-state index in [1.807, 2.05) is 0 Å². The number of nitrogens with two attached hydrogens (primary N) is 1. The van der Waals surface area contributed by atoms with Gasteiger partial charge in [0.05, 0.1) is 12.4 Å². The molecule has 0 radical (unpaired) electrons. The fourth-order valence-electron chi connectivity index (χ4n) is 2.11. The normalized spacial score (nSPS) is 10.5. The monoisotopic (exact) mass is 382 g/mol. The Morgan fingerprint density at radius 2 is 2.04 bits per heavy atom. The number of hydrogen-bond donors (Lipinski definition) is 2. The van der Waals surface area contributed by atoms with Crippen LogP contribution in [0, 0.1) is 5.82 Å². The lowest BCUT2D eigenvalue weighted by Crippen LogP contribution is -2.17. The number of anilines is 1. The van der Waals surface area contributed by atoms with Crippen LogP contribution in [0.15, 0.2) is 29.6 Å². The third kappa shape index (κ3) is 5.29. The van der Waals surface area contributed by atoms with Crippen molar-refractivity contribution in [2.45, 2.75) is 6.92 Å². The van der Waals surface area contributed by atoms with E-state index in [2.05, 4.69) is 5.32 Å². The van der Waals surface area contributed by atoms with Crippen molar-refractivity contribution in [3.63, 3.8) is 0 Å². The van der Waals surface area contributed by atoms with Crippen LogP contribution in [0.1, 0.15) is 17.3 Å². The van der Waals surface area contributed by atoms with Gasteiger partial charge in [-0.3, -0.25) is 4.79 Å². The molecule has 2 rings (SSSR count). The first-order chi connectivity index (χ1) is 12.1. The molecule has 0 bridgehead atoms. The molecule has 1 amide bonds. The molecule has 3 N–H and O–H groups in total. The van der Waals surface area contributed by atoms with E-state index in [4.69, 9.17) is 10.5 Å². The van der Waals surface area contributed by atoms with Crippen LogP contribution in [0.5, 0.6) is 0 Å². The van der Waals surface area contributed by atoms with E-state index in [-0.39, 0.29) is 29.6 Å². The van der Waals surface area contributed by atoms with Crippen LogP contribution < -0.4 is 11.1 Å². The summed E-state index contributed by atoms with van der Waals surface area (Å²) in [5.74, 6) is -0.154. The number of ether oxygens (including phenoxy) is 1. The van der Waals surface area contributed by atoms with Gasteiger partial charge >= 0.3 is 5.97 Å². The summed E-state index contributed by atoms with van der Waals surface area (Å²) in [4.78, 5) is 24.4. The van der Waals surface area contributed by atoms with E-state index < -0.39 is 5.97 Å². The second-order valence-electron chi connectivity index (χ2n) is 4.97. The number of thioether (sulfide) groups is 1. The predicted molar refractivity (Wildman–Crippen MR) is 101 cm³/mol. The fourth-order valence-corrected chi connectivity index (χ4v) is 3.65. The highest BCUT2D eigenvalue weighted by atomic mass is 32.2. The van der Waals surface area contributed by atoms with Crippen LogP contribution in [0.25, 0.3) is 11.1 Å². The van der Waals surface area contributed by atoms with Crippen LogP contribution in [0.2, 0.25) is 0 Å². The minimum absolute atomic E-state index is 0.212. The van der Waals surface area contributed by atoms with Crippen LogP contribution in [-0.4, -0.2) is 36.5 Å². The summed E-state index contributed by atoms with van der Waals surface area (Å²) in [6, 6.07) is 5.82. The maximum atomic E-state index is 13.1. The molecule has 0 unspecified atom stereocenters. The van der Waals surface area contributed by atoms with E-state index in [1.165, 1.54) is 35.2 Å². The molecule has 1 heterocycles. The fraction of sp³-hybridized carbons (Fsp3) is 0.294. The molecule has 0 aliphatic heterocycles. The Labute approximate surface area is 153 Å². The molecule has 0 saturated carbocycles. The number of halogens is 1. The Bertz CT molecular complexity index is 732. The van der Waals surface area contributed by atoms with Crippen LogP contribution in [0.3, 0.4) is 0 Å². The zero-order valence-corrected chi connectivity index (χ0v) is 15.3. The van der Waals surface area contributed by atoms with Crippen molar-refractivity contribution < 1.29 is 18.7 Å². The average Bonchev–Trinajstić information content (AvgIpc) is 2.99. The number of rotatable bonds is 8. The Kier molecular flexibility index (Phi) is 7.42. The van der Waals surface area contributed by atoms with E-state index >= 15 is 0 Å². The summed E-state index contributed by atoms with van der Waals surface area (Å²) < 4.78 is 18.3. The van der Waals surface area contributed by atoms with Crippen molar-refractivity contribution in [1.82, 2.24) is 0 Å². The van der Waals surface area contributed by atoms with E-state index in [0.717, 1.165) is 0 Å². The molecule has 0 atom stereocenters. The molecule has 1 aromatic heterocycles. The number of benzene rings is 1. The third-order valence-electron chi connectivity index (χ3n) is 3.17. The standard InChI is InChI=1S/C17H19FN2O3S2/c1-2-23-17(22)15-13(11-3-5-12(18)6-4-11)9-25-16(15)20-14(21)10-24-8-7-19/h3-6,9H,2,7-8,10,19H2,1H3,(H,20,21). The molecule has 8 heteroatoms. The van der Waals surface area contributed by atoms with Gasteiger partial charge in [0.15, 0.2) is 0 Å². The van der Waals surface area contributed by atoms with E-state index in [1.54, 1.807) is 24.4 Å². The summed E-state index contributed by atoms with van der Waals surface area (Å²) in [7, 11) is 0. The highest BCUT2D eigenvalue weighted by Crippen LogP contribution is 2.36. The third-order valence-corrected chi connectivity index (χ3v) is 5.06. The maximum Gasteiger partial charge on any atom is 0.341 e. The number of carbonyl (C=O) groups excluding carboxylic acids is 2. The van der Waals surface area contributed by atoms with Crippen LogP contribution >= 0.6 is 23.1 Å². The smallest absolute Gasteiger partial charge is 0.341 e. The highest BCUT2D eigenvalue weighted by Gasteiger charge is 2.22. The van der Waals surface area contributed by atoms with Gasteiger partial charge in [-0.2, -0.15) is 11.8 Å². The summed E-state index contributed by atoms with van der Waals surface area (Å²) in [5.41, 5.74) is 6.98. The van der Waals surface area contributed by atoms with Gasteiger partial charge in [0.25, 0.3) is 0 Å². The zero-order chi connectivity index (χ0) is 18.2. The predicted octanol–water partition coefficient (Wildman–Crippen LogP) is 3.36. The number of amides is 1. The second kappa shape index (κ2) is 9.55. The van der Waals surface area contributed by atoms with Crippen molar-refractivity contribution in [3.8, 4) is 11.1 Å². The van der Waals surface area contributed by atoms with Crippen molar-refractivity contribution in [3.05, 3.63) is 41.0 Å². The molecule has 25 heavy (non-hydrogen) atoms. The van der Waals surface area contributed by atoms with Gasteiger partial charge in [0.1, 0.15) is 16.4 Å². The molecule has 0 spiro atoms. The highest BCUT2D eigenvalue weighted by molar-refractivity contribution is 7.99. The van der Waals surface area contributed by atoms with Gasteiger partial charge in [0, 0.05) is 23.2 Å². The minimum Gasteiger partial charge on any atom is -0.462 e. The molecule has 0 saturated heterocycles. The molecule has 0 aliphatic carbocycles. The van der Waals surface area contributed by atoms with Gasteiger partial charge in [0.2, 0.25) is 5.91 Å². The topological polar surface area (TPSA) is 81.4 Å². The van der Waals surface area contributed by atoms with Gasteiger partial charge < -0.3 is 15.8 Å². The molecule has 1 aromatic carbocycles. The number of hydrogen-bond acceptors (Lipinski definition) is 6. The van der Waals surface area contributed by atoms with Crippen LogP contribution in [0.4, 0.5) is 9.39 Å². The van der Waals surface area contributed by atoms with Gasteiger partial charge in [-0.1, -0.05) is 12.1 Å². The lowest BCUT2D eigenvalue weighted by atomic mass is 10.0. The first-order valence-corrected chi connectivity index (χ1v) is 9.72. The largest absolute Gasteiger partial charge is 0.462 e. The molecule has 2 aromatic rings. The van der Waals surface area contributed by atoms with Gasteiger partial charge in [-0.25, -0.2) is 9.18 Å². The Morgan fingerprint density at radius 3 is 2.68 bits per heavy atom. The van der Waals surface area contributed by atoms with Crippen molar-refractivity contribution in [1.29, 1.82) is 0 Å². The maximum absolute atomic E-state index is 13.1. The molecule has 0 fully saturated rings. The molecular weight excluding hydrogens is 363 g/mol. The molecule has 5 nitrogen and oxygen atoms in total. The Hall–Kier alpha value is -1.90. The second-order valence-corrected chi connectivity index (χ2v) is 6.96. The summed E-state index contributed by atoms with van der Waals surface area (Å²) in [6.07, 6.45) is 0. The number of esters is 1. The van der Waals surface area contributed by atoms with Crippen molar-refractivity contribution in [2.75, 3.05) is 30.0 Å². The lowest BCUT2D eigenvalue weighted by Gasteiger charge is -2.09. The SMILES string of the molecule is CCOC(=O)c1c(-c2ccc(F)cc2)csc1NC(=O)CSCCN.